The smallest absolute Gasteiger partial charge is 0.0946 e. The van der Waals surface area contributed by atoms with Crippen LogP contribution < -0.4 is 5.32 Å². The molecular formula is C12H23N3. The van der Waals surface area contributed by atoms with E-state index >= 15 is 0 Å². The molecule has 3 unspecified atom stereocenters. The second kappa shape index (κ2) is 5.91. The summed E-state index contributed by atoms with van der Waals surface area (Å²) in [5.74, 6) is 0.732. The molecule has 0 aliphatic rings. The topological polar surface area (TPSA) is 29.9 Å². The van der Waals surface area contributed by atoms with E-state index in [-0.39, 0.29) is 0 Å². The van der Waals surface area contributed by atoms with Crippen molar-refractivity contribution in [2.24, 2.45) is 5.92 Å². The summed E-state index contributed by atoms with van der Waals surface area (Å²) in [6, 6.07) is 1.07. The Kier molecular flexibility index (Phi) is 4.82. The first kappa shape index (κ1) is 12.2. The van der Waals surface area contributed by atoms with Crippen molar-refractivity contribution in [1.82, 2.24) is 14.9 Å². The molecule has 1 aromatic rings. The van der Waals surface area contributed by atoms with Gasteiger partial charge < -0.3 is 9.88 Å². The summed E-state index contributed by atoms with van der Waals surface area (Å²) in [6.45, 7) is 10.0. The van der Waals surface area contributed by atoms with Crippen molar-refractivity contribution in [3.05, 3.63) is 18.7 Å². The predicted octanol–water partition coefficient (Wildman–Crippen LogP) is 2.30. The Morgan fingerprint density at radius 1 is 1.33 bits per heavy atom. The van der Waals surface area contributed by atoms with Gasteiger partial charge in [-0.1, -0.05) is 20.3 Å². The Morgan fingerprint density at radius 2 is 2.07 bits per heavy atom. The van der Waals surface area contributed by atoms with Gasteiger partial charge in [-0.05, 0) is 19.8 Å². The van der Waals surface area contributed by atoms with Crippen LogP contribution in [0.25, 0.3) is 0 Å². The lowest BCUT2D eigenvalue weighted by Gasteiger charge is -2.24. The Hall–Kier alpha value is -0.830. The van der Waals surface area contributed by atoms with Gasteiger partial charge in [-0.2, -0.15) is 0 Å². The van der Waals surface area contributed by atoms with Gasteiger partial charge in [0.25, 0.3) is 0 Å². The fourth-order valence-corrected chi connectivity index (χ4v) is 1.73. The molecule has 0 amide bonds. The first-order valence-electron chi connectivity index (χ1n) is 5.85. The molecule has 1 heterocycles. The van der Waals surface area contributed by atoms with Crippen LogP contribution in [0.2, 0.25) is 0 Å². The van der Waals surface area contributed by atoms with E-state index in [1.165, 1.54) is 6.42 Å². The normalized spacial score (nSPS) is 17.3. The molecule has 0 aromatic carbocycles. The highest BCUT2D eigenvalue weighted by atomic mass is 15.1. The Morgan fingerprint density at radius 3 is 2.60 bits per heavy atom. The van der Waals surface area contributed by atoms with Gasteiger partial charge in [-0.3, -0.25) is 0 Å². The molecule has 0 radical (unpaired) electrons. The van der Waals surface area contributed by atoms with E-state index in [2.05, 4.69) is 42.6 Å². The Balaban J connectivity index is 2.32. The third kappa shape index (κ3) is 4.04. The fraction of sp³-hybridized carbons (Fsp3) is 0.750. The van der Waals surface area contributed by atoms with Crippen molar-refractivity contribution in [2.75, 3.05) is 0 Å². The molecular weight excluding hydrogens is 186 g/mol. The quantitative estimate of drug-likeness (QED) is 0.779. The number of nitrogens with one attached hydrogen (secondary N) is 1. The lowest BCUT2D eigenvalue weighted by Crippen LogP contribution is -2.40. The van der Waals surface area contributed by atoms with Gasteiger partial charge in [0, 0.05) is 31.0 Å². The van der Waals surface area contributed by atoms with Gasteiger partial charge in [0.2, 0.25) is 0 Å². The fourth-order valence-electron chi connectivity index (χ4n) is 1.73. The zero-order valence-corrected chi connectivity index (χ0v) is 10.3. The average molecular weight is 209 g/mol. The molecule has 0 bridgehead atoms. The Bertz CT molecular complexity index is 256. The zero-order chi connectivity index (χ0) is 11.3. The van der Waals surface area contributed by atoms with Crippen LogP contribution in [0, 0.1) is 5.92 Å². The molecule has 0 saturated carbocycles. The van der Waals surface area contributed by atoms with Crippen molar-refractivity contribution < 1.29 is 0 Å². The summed E-state index contributed by atoms with van der Waals surface area (Å²) >= 11 is 0. The van der Waals surface area contributed by atoms with Gasteiger partial charge in [-0.15, -0.1) is 0 Å². The van der Waals surface area contributed by atoms with E-state index < -0.39 is 0 Å². The lowest BCUT2D eigenvalue weighted by molar-refractivity contribution is 0.339. The van der Waals surface area contributed by atoms with Crippen molar-refractivity contribution in [1.29, 1.82) is 0 Å². The van der Waals surface area contributed by atoms with Crippen LogP contribution in [0.4, 0.5) is 0 Å². The van der Waals surface area contributed by atoms with E-state index in [4.69, 9.17) is 0 Å². The number of rotatable bonds is 6. The highest BCUT2D eigenvalue weighted by Crippen LogP contribution is 2.07. The number of aromatic nitrogens is 2. The third-order valence-electron chi connectivity index (χ3n) is 3.09. The summed E-state index contributed by atoms with van der Waals surface area (Å²) in [4.78, 5) is 4.04. The zero-order valence-electron chi connectivity index (χ0n) is 10.3. The summed E-state index contributed by atoms with van der Waals surface area (Å²) in [6.07, 6.45) is 6.93. The minimum absolute atomic E-state index is 0.489. The number of imidazole rings is 1. The highest BCUT2D eigenvalue weighted by molar-refractivity contribution is 4.78. The van der Waals surface area contributed by atoms with Gasteiger partial charge in [0.15, 0.2) is 0 Å². The van der Waals surface area contributed by atoms with Crippen LogP contribution in [0.15, 0.2) is 18.7 Å². The van der Waals surface area contributed by atoms with Crippen LogP contribution in [-0.4, -0.2) is 21.6 Å². The van der Waals surface area contributed by atoms with E-state index in [1.54, 1.807) is 0 Å². The van der Waals surface area contributed by atoms with E-state index in [9.17, 15) is 0 Å². The standard InChI is InChI=1S/C12H23N3/c1-5-10(2)12(4)14-11(3)8-15-7-6-13-9-15/h6-7,9-12,14H,5,8H2,1-4H3. The summed E-state index contributed by atoms with van der Waals surface area (Å²) in [7, 11) is 0. The second-order valence-corrected chi connectivity index (χ2v) is 4.50. The molecule has 3 heteroatoms. The summed E-state index contributed by atoms with van der Waals surface area (Å²) in [5, 5.41) is 3.62. The maximum Gasteiger partial charge on any atom is 0.0946 e. The van der Waals surface area contributed by atoms with Crippen molar-refractivity contribution >= 4 is 0 Å². The van der Waals surface area contributed by atoms with Crippen molar-refractivity contribution in [2.45, 2.75) is 52.7 Å². The van der Waals surface area contributed by atoms with Crippen molar-refractivity contribution in [3.63, 3.8) is 0 Å². The van der Waals surface area contributed by atoms with Gasteiger partial charge in [0.05, 0.1) is 6.33 Å². The minimum Gasteiger partial charge on any atom is -0.336 e. The van der Waals surface area contributed by atoms with Gasteiger partial charge in [0.1, 0.15) is 0 Å². The first-order valence-corrected chi connectivity index (χ1v) is 5.85. The largest absolute Gasteiger partial charge is 0.336 e. The Labute approximate surface area is 92.9 Å². The monoisotopic (exact) mass is 209 g/mol. The maximum absolute atomic E-state index is 4.04. The molecule has 0 spiro atoms. The lowest BCUT2D eigenvalue weighted by atomic mass is 10.0. The van der Waals surface area contributed by atoms with Crippen LogP contribution in [0.1, 0.15) is 34.1 Å². The molecule has 15 heavy (non-hydrogen) atoms. The van der Waals surface area contributed by atoms with Gasteiger partial charge in [-0.25, -0.2) is 4.98 Å². The molecule has 1 rings (SSSR count). The van der Waals surface area contributed by atoms with Crippen LogP contribution >= 0.6 is 0 Å². The molecule has 0 aliphatic heterocycles. The second-order valence-electron chi connectivity index (χ2n) is 4.50. The molecule has 1 N–H and O–H groups in total. The number of hydrogen-bond donors (Lipinski definition) is 1. The molecule has 0 saturated heterocycles. The molecule has 0 aliphatic carbocycles. The SMILES string of the molecule is CCC(C)C(C)NC(C)Cn1ccnc1. The van der Waals surface area contributed by atoms with Crippen molar-refractivity contribution in [3.8, 4) is 0 Å². The molecule has 1 aromatic heterocycles. The van der Waals surface area contributed by atoms with Crippen LogP contribution in [-0.2, 0) is 6.54 Å². The highest BCUT2D eigenvalue weighted by Gasteiger charge is 2.12. The van der Waals surface area contributed by atoms with Crippen LogP contribution in [0.5, 0.6) is 0 Å². The first-order chi connectivity index (χ1) is 7.13. The molecule has 0 fully saturated rings. The molecule has 86 valence electrons. The van der Waals surface area contributed by atoms with E-state index in [1.807, 2.05) is 18.7 Å². The van der Waals surface area contributed by atoms with Crippen LogP contribution in [0.3, 0.4) is 0 Å². The predicted molar refractivity (Wildman–Crippen MR) is 63.7 cm³/mol. The minimum atomic E-state index is 0.489. The third-order valence-corrected chi connectivity index (χ3v) is 3.09. The summed E-state index contributed by atoms with van der Waals surface area (Å²) < 4.78 is 2.11. The van der Waals surface area contributed by atoms with E-state index in [0.717, 1.165) is 12.5 Å². The number of nitrogens with zero attached hydrogens (tertiary/aromatic N) is 2. The summed E-state index contributed by atoms with van der Waals surface area (Å²) in [5.41, 5.74) is 0. The average Bonchev–Trinajstić information content (AvgIpc) is 2.68. The van der Waals surface area contributed by atoms with E-state index in [0.29, 0.717) is 12.1 Å². The molecule has 3 nitrogen and oxygen atoms in total. The maximum atomic E-state index is 4.04. The number of hydrogen-bond acceptors (Lipinski definition) is 2. The van der Waals surface area contributed by atoms with Gasteiger partial charge >= 0.3 is 0 Å². The molecule has 3 atom stereocenters.